The zero-order valence-electron chi connectivity index (χ0n) is 11.4. The number of aromatic amines is 1. The Bertz CT molecular complexity index is 643. The molecule has 1 aliphatic carbocycles. The molecule has 1 N–H and O–H groups in total. The molecule has 0 fully saturated rings. The summed E-state index contributed by atoms with van der Waals surface area (Å²) in [5, 5.41) is 18.4. The summed E-state index contributed by atoms with van der Waals surface area (Å²) in [6.45, 7) is 6.29. The van der Waals surface area contributed by atoms with Crippen LogP contribution < -0.4 is 5.56 Å². The highest BCUT2D eigenvalue weighted by molar-refractivity contribution is 5.53. The van der Waals surface area contributed by atoms with E-state index in [1.807, 2.05) is 6.07 Å². The molecule has 0 saturated carbocycles. The molecule has 0 aliphatic heterocycles. The van der Waals surface area contributed by atoms with E-state index in [2.05, 4.69) is 31.8 Å². The molecule has 4 nitrogen and oxygen atoms in total. The first-order valence-electron chi connectivity index (χ1n) is 6.61. The monoisotopic (exact) mass is 255 g/mol. The van der Waals surface area contributed by atoms with Crippen LogP contribution in [0.15, 0.2) is 4.79 Å². The first-order valence-corrected chi connectivity index (χ1v) is 6.61. The van der Waals surface area contributed by atoms with Gasteiger partial charge in [-0.05, 0) is 30.2 Å². The molecule has 4 heteroatoms. The number of fused-ring (bicyclic) bond motifs is 1. The molecular weight excluding hydrogens is 238 g/mol. The Morgan fingerprint density at radius 1 is 1.21 bits per heavy atom. The van der Waals surface area contributed by atoms with Gasteiger partial charge in [0.2, 0.25) is 0 Å². The Kier molecular flexibility index (Phi) is 3.44. The summed E-state index contributed by atoms with van der Waals surface area (Å²) in [7, 11) is 0. The normalized spacial score (nSPS) is 21.6. The summed E-state index contributed by atoms with van der Waals surface area (Å²) < 4.78 is 0. The lowest BCUT2D eigenvalue weighted by Gasteiger charge is -2.32. The molecule has 19 heavy (non-hydrogen) atoms. The van der Waals surface area contributed by atoms with E-state index in [0.29, 0.717) is 5.92 Å². The van der Waals surface area contributed by atoms with Crippen molar-refractivity contribution in [2.45, 2.75) is 45.4 Å². The highest BCUT2D eigenvalue weighted by Gasteiger charge is 2.31. The van der Waals surface area contributed by atoms with E-state index < -0.39 is 5.56 Å². The number of H-pyrrole nitrogens is 1. The van der Waals surface area contributed by atoms with Crippen LogP contribution in [0.3, 0.4) is 0 Å². The van der Waals surface area contributed by atoms with E-state index >= 15 is 0 Å². The molecule has 2 rings (SSSR count). The molecule has 0 aromatic carbocycles. The predicted octanol–water partition coefficient (Wildman–Crippen LogP) is 2.76. The summed E-state index contributed by atoms with van der Waals surface area (Å²) in [5.74, 6) is 0.878. The molecule has 0 amide bonds. The maximum atomic E-state index is 11.9. The molecule has 0 saturated heterocycles. The maximum absolute atomic E-state index is 11.9. The van der Waals surface area contributed by atoms with Gasteiger partial charge in [0.25, 0.3) is 5.56 Å². The van der Waals surface area contributed by atoms with E-state index in [1.54, 1.807) is 0 Å². The number of nitrogens with one attached hydrogen (secondary N) is 1. The molecular formula is C15H17N3O. The number of nitrogens with zero attached hydrogens (tertiary/aromatic N) is 2. The third-order valence-corrected chi connectivity index (χ3v) is 4.09. The van der Waals surface area contributed by atoms with E-state index in [9.17, 15) is 10.1 Å². The van der Waals surface area contributed by atoms with Gasteiger partial charge in [-0.3, -0.25) is 4.79 Å². The van der Waals surface area contributed by atoms with Crippen LogP contribution in [0.1, 0.15) is 67.8 Å². The van der Waals surface area contributed by atoms with Gasteiger partial charge in [0.1, 0.15) is 17.7 Å². The fourth-order valence-electron chi connectivity index (χ4n) is 3.05. The Balaban J connectivity index is 2.81. The predicted molar refractivity (Wildman–Crippen MR) is 71.7 cm³/mol. The average molecular weight is 255 g/mol. The molecule has 2 atom stereocenters. The lowest BCUT2D eigenvalue weighted by molar-refractivity contribution is 0.399. The van der Waals surface area contributed by atoms with Crippen LogP contribution in [-0.2, 0) is 0 Å². The Hall–Kier alpha value is -2.07. The highest BCUT2D eigenvalue weighted by Crippen LogP contribution is 2.42. The highest BCUT2D eigenvalue weighted by atomic mass is 16.1. The van der Waals surface area contributed by atoms with E-state index in [1.165, 1.54) is 0 Å². The molecule has 0 spiro atoms. The van der Waals surface area contributed by atoms with Crippen LogP contribution in [0.4, 0.5) is 0 Å². The quantitative estimate of drug-likeness (QED) is 0.837. The largest absolute Gasteiger partial charge is 0.324 e. The molecule has 0 radical (unpaired) electrons. The SMILES string of the molecule is CC1CCC(C(C)C)c2[nH]c(=O)c(C#N)c(C#N)c21. The summed E-state index contributed by atoms with van der Waals surface area (Å²) in [6.07, 6.45) is 2.00. The van der Waals surface area contributed by atoms with Crippen molar-refractivity contribution in [3.05, 3.63) is 32.7 Å². The van der Waals surface area contributed by atoms with Gasteiger partial charge in [0.15, 0.2) is 0 Å². The molecule has 1 aromatic rings. The van der Waals surface area contributed by atoms with Crippen molar-refractivity contribution >= 4 is 0 Å². The van der Waals surface area contributed by atoms with Crippen LogP contribution in [0.25, 0.3) is 0 Å². The standard InChI is InChI=1S/C15H17N3O/c1-8(2)10-5-4-9(3)13-11(6-16)12(7-17)15(19)18-14(10)13/h8-10H,4-5H2,1-3H3,(H,18,19). The first-order chi connectivity index (χ1) is 9.01. The summed E-state index contributed by atoms with van der Waals surface area (Å²) in [5.41, 5.74) is 1.55. The lowest BCUT2D eigenvalue weighted by Crippen LogP contribution is -2.26. The van der Waals surface area contributed by atoms with Gasteiger partial charge in [-0.15, -0.1) is 0 Å². The van der Waals surface area contributed by atoms with Gasteiger partial charge in [0.05, 0.1) is 5.56 Å². The fraction of sp³-hybridized carbons (Fsp3) is 0.533. The summed E-state index contributed by atoms with van der Waals surface area (Å²) in [4.78, 5) is 14.8. The Morgan fingerprint density at radius 3 is 2.37 bits per heavy atom. The molecule has 98 valence electrons. The molecule has 2 unspecified atom stereocenters. The van der Waals surface area contributed by atoms with Gasteiger partial charge in [-0.1, -0.05) is 20.8 Å². The zero-order valence-corrected chi connectivity index (χ0v) is 11.4. The van der Waals surface area contributed by atoms with Crippen molar-refractivity contribution in [1.82, 2.24) is 4.98 Å². The molecule has 0 bridgehead atoms. The minimum absolute atomic E-state index is 0.0440. The summed E-state index contributed by atoms with van der Waals surface area (Å²) in [6, 6.07) is 3.93. The third kappa shape index (κ3) is 2.04. The van der Waals surface area contributed by atoms with Crippen molar-refractivity contribution in [3.63, 3.8) is 0 Å². The van der Waals surface area contributed by atoms with Crippen LogP contribution in [0, 0.1) is 28.6 Å². The smallest absolute Gasteiger partial charge is 0.267 e. The topological polar surface area (TPSA) is 80.4 Å². The minimum Gasteiger partial charge on any atom is -0.324 e. The summed E-state index contributed by atoms with van der Waals surface area (Å²) >= 11 is 0. The van der Waals surface area contributed by atoms with Crippen molar-refractivity contribution in [3.8, 4) is 12.1 Å². The third-order valence-electron chi connectivity index (χ3n) is 4.09. The molecule has 1 aliphatic rings. The average Bonchev–Trinajstić information content (AvgIpc) is 2.37. The lowest BCUT2D eigenvalue weighted by atomic mass is 9.74. The Morgan fingerprint density at radius 2 is 1.84 bits per heavy atom. The van der Waals surface area contributed by atoms with E-state index in [0.717, 1.165) is 24.1 Å². The van der Waals surface area contributed by atoms with Crippen molar-refractivity contribution in [1.29, 1.82) is 10.5 Å². The number of hydrogen-bond donors (Lipinski definition) is 1. The van der Waals surface area contributed by atoms with Gasteiger partial charge < -0.3 is 4.98 Å². The van der Waals surface area contributed by atoms with Crippen LogP contribution >= 0.6 is 0 Å². The minimum atomic E-state index is -0.433. The van der Waals surface area contributed by atoms with Crippen LogP contribution in [-0.4, -0.2) is 4.98 Å². The van der Waals surface area contributed by atoms with Crippen molar-refractivity contribution in [2.24, 2.45) is 5.92 Å². The van der Waals surface area contributed by atoms with E-state index in [-0.39, 0.29) is 23.0 Å². The molecule has 1 heterocycles. The van der Waals surface area contributed by atoms with Crippen molar-refractivity contribution in [2.75, 3.05) is 0 Å². The van der Waals surface area contributed by atoms with Gasteiger partial charge >= 0.3 is 0 Å². The number of hydrogen-bond acceptors (Lipinski definition) is 3. The van der Waals surface area contributed by atoms with Gasteiger partial charge in [-0.25, -0.2) is 0 Å². The van der Waals surface area contributed by atoms with Crippen LogP contribution in [0.2, 0.25) is 0 Å². The van der Waals surface area contributed by atoms with E-state index in [4.69, 9.17) is 5.26 Å². The second-order valence-electron chi connectivity index (χ2n) is 5.58. The second kappa shape index (κ2) is 4.90. The zero-order chi connectivity index (χ0) is 14.2. The number of rotatable bonds is 1. The number of pyridine rings is 1. The second-order valence-corrected chi connectivity index (χ2v) is 5.58. The van der Waals surface area contributed by atoms with Crippen LogP contribution in [0.5, 0.6) is 0 Å². The van der Waals surface area contributed by atoms with Crippen molar-refractivity contribution < 1.29 is 0 Å². The fourth-order valence-corrected chi connectivity index (χ4v) is 3.05. The Labute approximate surface area is 112 Å². The van der Waals surface area contributed by atoms with Gasteiger partial charge in [-0.2, -0.15) is 10.5 Å². The number of aromatic nitrogens is 1. The maximum Gasteiger partial charge on any atom is 0.267 e. The van der Waals surface area contributed by atoms with Gasteiger partial charge in [0, 0.05) is 11.6 Å². The first kappa shape index (κ1) is 13.4. The number of nitriles is 2. The molecule has 1 aromatic heterocycles.